The van der Waals surface area contributed by atoms with E-state index in [4.69, 9.17) is 4.99 Å². The monoisotopic (exact) mass is 350 g/mol. The van der Waals surface area contributed by atoms with Crippen LogP contribution in [0.3, 0.4) is 0 Å². The van der Waals surface area contributed by atoms with Crippen molar-refractivity contribution in [2.75, 3.05) is 13.1 Å². The molecule has 0 saturated heterocycles. The highest BCUT2D eigenvalue weighted by atomic mass is 16.1. The average Bonchev–Trinajstić information content (AvgIpc) is 3.00. The van der Waals surface area contributed by atoms with Crippen LogP contribution in [0.15, 0.2) is 17.1 Å². The molecule has 0 bridgehead atoms. The van der Waals surface area contributed by atoms with Gasteiger partial charge < -0.3 is 5.32 Å². The lowest BCUT2D eigenvalue weighted by atomic mass is 10.1. The van der Waals surface area contributed by atoms with Crippen molar-refractivity contribution >= 4 is 12.1 Å². The summed E-state index contributed by atoms with van der Waals surface area (Å²) in [5.74, 6) is 0.0472. The van der Waals surface area contributed by atoms with Crippen LogP contribution in [0, 0.1) is 0 Å². The van der Waals surface area contributed by atoms with Crippen molar-refractivity contribution < 1.29 is 9.28 Å². The Morgan fingerprint density at radius 3 is 2.52 bits per heavy atom. The first kappa shape index (κ1) is 21.9. The minimum absolute atomic E-state index is 0.0472. The summed E-state index contributed by atoms with van der Waals surface area (Å²) in [6.45, 7) is 10.1. The predicted molar refractivity (Wildman–Crippen MR) is 108 cm³/mol. The predicted octanol–water partition coefficient (Wildman–Crippen LogP) is 4.80. The molecule has 1 aliphatic heterocycles. The van der Waals surface area contributed by atoms with Gasteiger partial charge in [-0.2, -0.15) is 0 Å². The van der Waals surface area contributed by atoms with Crippen LogP contribution in [-0.2, 0) is 4.79 Å². The fourth-order valence-electron chi connectivity index (χ4n) is 3.88. The molecule has 0 aromatic carbocycles. The van der Waals surface area contributed by atoms with E-state index < -0.39 is 0 Å². The molecule has 4 heteroatoms. The van der Waals surface area contributed by atoms with Gasteiger partial charge in [-0.3, -0.25) is 9.28 Å². The van der Waals surface area contributed by atoms with Gasteiger partial charge in [0, 0.05) is 20.3 Å². The lowest BCUT2D eigenvalue weighted by Gasteiger charge is -2.42. The van der Waals surface area contributed by atoms with E-state index in [1.807, 2.05) is 0 Å². The molecule has 25 heavy (non-hydrogen) atoms. The van der Waals surface area contributed by atoms with E-state index in [-0.39, 0.29) is 18.2 Å². The Bertz CT molecular complexity index is 433. The number of allylic oxidation sites excluding steroid dienone is 2. The highest BCUT2D eigenvalue weighted by molar-refractivity contribution is 5.73. The van der Waals surface area contributed by atoms with Gasteiger partial charge in [0.2, 0.25) is 5.91 Å². The molecule has 0 spiro atoms. The van der Waals surface area contributed by atoms with Gasteiger partial charge in [0.25, 0.3) is 0 Å². The summed E-state index contributed by atoms with van der Waals surface area (Å²) in [5, 5.41) is 3.08. The van der Waals surface area contributed by atoms with Crippen LogP contribution < -0.4 is 5.32 Å². The van der Waals surface area contributed by atoms with Crippen molar-refractivity contribution in [3.63, 3.8) is 0 Å². The number of aliphatic imine (C=N–C) groups is 1. The smallest absolute Gasteiger partial charge is 0.221 e. The highest BCUT2D eigenvalue weighted by Gasteiger charge is 2.42. The maximum absolute atomic E-state index is 11.4. The summed E-state index contributed by atoms with van der Waals surface area (Å²) in [6.07, 6.45) is 18.5. The zero-order valence-electron chi connectivity index (χ0n) is 17.0. The number of unbranched alkanes of at least 4 members (excludes halogenated alkanes) is 6. The molecule has 0 fully saturated rings. The molecule has 0 aromatic rings. The minimum Gasteiger partial charge on any atom is -0.307 e. The normalized spacial score (nSPS) is 24.1. The summed E-state index contributed by atoms with van der Waals surface area (Å²) in [4.78, 5) is 16.2. The number of rotatable bonds is 13. The van der Waals surface area contributed by atoms with Crippen molar-refractivity contribution in [3.05, 3.63) is 12.2 Å². The molecule has 1 aliphatic rings. The Morgan fingerprint density at radius 1 is 1.20 bits per heavy atom. The lowest BCUT2D eigenvalue weighted by molar-refractivity contribution is -0.959. The topological polar surface area (TPSA) is 41.5 Å². The molecule has 0 aromatic heterocycles. The number of quaternary nitrogens is 1. The molecule has 0 aliphatic carbocycles. The molecule has 3 unspecified atom stereocenters. The van der Waals surface area contributed by atoms with Crippen molar-refractivity contribution in [1.29, 1.82) is 0 Å². The van der Waals surface area contributed by atoms with Gasteiger partial charge in [-0.05, 0) is 32.6 Å². The SMILES string of the molecule is CCCCCCC/C=C/CCCC1N=CC[N+]1(CC)C(C)NC(C)=O. The number of hydrogen-bond acceptors (Lipinski definition) is 2. The summed E-state index contributed by atoms with van der Waals surface area (Å²) < 4.78 is 0.862. The van der Waals surface area contributed by atoms with Crippen molar-refractivity contribution in [1.82, 2.24) is 5.32 Å². The van der Waals surface area contributed by atoms with E-state index in [0.717, 1.165) is 30.4 Å². The lowest BCUT2D eigenvalue weighted by Crippen LogP contribution is -2.63. The quantitative estimate of drug-likeness (QED) is 0.289. The number of amides is 1. The molecule has 4 nitrogen and oxygen atoms in total. The maximum atomic E-state index is 11.4. The first-order valence-corrected chi connectivity index (χ1v) is 10.4. The van der Waals surface area contributed by atoms with Gasteiger partial charge in [0.15, 0.2) is 12.3 Å². The van der Waals surface area contributed by atoms with Gasteiger partial charge >= 0.3 is 0 Å². The van der Waals surface area contributed by atoms with Gasteiger partial charge in [-0.25, -0.2) is 4.99 Å². The van der Waals surface area contributed by atoms with Gasteiger partial charge in [-0.15, -0.1) is 0 Å². The Balaban J connectivity index is 2.30. The second-order valence-electron chi connectivity index (χ2n) is 7.40. The molecule has 1 rings (SSSR count). The second kappa shape index (κ2) is 12.2. The number of carbonyl (C=O) groups is 1. The third kappa shape index (κ3) is 7.31. The van der Waals surface area contributed by atoms with Crippen LogP contribution in [-0.4, -0.2) is 42.0 Å². The van der Waals surface area contributed by atoms with Crippen LogP contribution in [0.25, 0.3) is 0 Å². The zero-order valence-corrected chi connectivity index (χ0v) is 17.0. The van der Waals surface area contributed by atoms with E-state index in [9.17, 15) is 4.79 Å². The molecular formula is C21H40N3O+. The minimum atomic E-state index is 0.0472. The van der Waals surface area contributed by atoms with E-state index >= 15 is 0 Å². The molecule has 144 valence electrons. The van der Waals surface area contributed by atoms with E-state index in [0.29, 0.717) is 0 Å². The Morgan fingerprint density at radius 2 is 1.88 bits per heavy atom. The molecule has 3 atom stereocenters. The van der Waals surface area contributed by atoms with Gasteiger partial charge in [0.1, 0.15) is 6.54 Å². The van der Waals surface area contributed by atoms with Crippen LogP contribution >= 0.6 is 0 Å². The summed E-state index contributed by atoms with van der Waals surface area (Å²) in [7, 11) is 0. The number of hydrogen-bond donors (Lipinski definition) is 1. The Kier molecular flexibility index (Phi) is 10.7. The molecule has 1 heterocycles. The molecule has 0 saturated carbocycles. The summed E-state index contributed by atoms with van der Waals surface area (Å²) in [5.41, 5.74) is 0. The van der Waals surface area contributed by atoms with Crippen molar-refractivity contribution in [2.24, 2.45) is 4.99 Å². The molecule has 1 amide bonds. The van der Waals surface area contributed by atoms with Gasteiger partial charge in [-0.1, -0.05) is 44.8 Å². The highest BCUT2D eigenvalue weighted by Crippen LogP contribution is 2.26. The van der Waals surface area contributed by atoms with E-state index in [2.05, 4.69) is 44.5 Å². The van der Waals surface area contributed by atoms with Crippen molar-refractivity contribution in [2.45, 2.75) is 97.8 Å². The number of nitrogens with zero attached hydrogens (tertiary/aromatic N) is 2. The fraction of sp³-hybridized carbons (Fsp3) is 0.810. The van der Waals surface area contributed by atoms with E-state index in [1.165, 1.54) is 44.9 Å². The average molecular weight is 351 g/mol. The number of carbonyl (C=O) groups excluding carboxylic acids is 1. The Hall–Kier alpha value is -1.16. The molecule has 1 N–H and O–H groups in total. The maximum Gasteiger partial charge on any atom is 0.221 e. The third-order valence-corrected chi connectivity index (χ3v) is 5.54. The summed E-state index contributed by atoms with van der Waals surface area (Å²) >= 11 is 0. The summed E-state index contributed by atoms with van der Waals surface area (Å²) in [6, 6.07) is 0. The standard InChI is InChI=1S/C21H39N3O/c1-5-7-8-9-10-11-12-13-14-15-16-21-22-17-18-24(21,6-2)19(3)23-20(4)25/h12-13,17,19,21H,5-11,14-16,18H2,1-4H3/p+1/b13-12+. The zero-order chi connectivity index (χ0) is 18.5. The first-order valence-electron chi connectivity index (χ1n) is 10.4. The largest absolute Gasteiger partial charge is 0.307 e. The molecule has 0 radical (unpaired) electrons. The van der Waals surface area contributed by atoms with Crippen LogP contribution in [0.2, 0.25) is 0 Å². The van der Waals surface area contributed by atoms with Crippen LogP contribution in [0.1, 0.15) is 85.5 Å². The van der Waals surface area contributed by atoms with E-state index in [1.54, 1.807) is 6.92 Å². The number of nitrogens with one attached hydrogen (secondary N) is 1. The van der Waals surface area contributed by atoms with Gasteiger partial charge in [0.05, 0.1) is 12.8 Å². The van der Waals surface area contributed by atoms with Crippen molar-refractivity contribution in [3.8, 4) is 0 Å². The fourth-order valence-corrected chi connectivity index (χ4v) is 3.88. The molecular weight excluding hydrogens is 310 g/mol. The third-order valence-electron chi connectivity index (χ3n) is 5.54. The first-order chi connectivity index (χ1) is 12.1. The van der Waals surface area contributed by atoms with Crippen LogP contribution in [0.4, 0.5) is 0 Å². The van der Waals surface area contributed by atoms with Crippen LogP contribution in [0.5, 0.6) is 0 Å². The second-order valence-corrected chi connectivity index (χ2v) is 7.40. The Labute approximate surface area is 155 Å².